The van der Waals surface area contributed by atoms with Crippen LogP contribution in [0.2, 0.25) is 0 Å². The van der Waals surface area contributed by atoms with Crippen molar-refractivity contribution in [2.75, 3.05) is 0 Å². The van der Waals surface area contributed by atoms with E-state index in [2.05, 4.69) is 30.5 Å². The Morgan fingerprint density at radius 3 is 2.66 bits per heavy atom. The third-order valence-corrected chi connectivity index (χ3v) is 6.67. The van der Waals surface area contributed by atoms with Crippen molar-refractivity contribution in [1.29, 1.82) is 0 Å². The van der Waals surface area contributed by atoms with Gasteiger partial charge in [0.25, 0.3) is 5.56 Å². The normalized spacial score (nSPS) is 11.2. The van der Waals surface area contributed by atoms with Crippen molar-refractivity contribution in [3.8, 4) is 22.2 Å². The van der Waals surface area contributed by atoms with E-state index in [0.29, 0.717) is 22.4 Å². The van der Waals surface area contributed by atoms with Crippen LogP contribution in [0, 0.1) is 6.92 Å². The predicted octanol–water partition coefficient (Wildman–Crippen LogP) is 2.67. The van der Waals surface area contributed by atoms with Gasteiger partial charge in [-0.1, -0.05) is 30.0 Å². The van der Waals surface area contributed by atoms with Crippen LogP contribution in [0.3, 0.4) is 0 Å². The van der Waals surface area contributed by atoms with E-state index < -0.39 is 0 Å². The van der Waals surface area contributed by atoms with E-state index in [9.17, 15) is 4.79 Å². The molecule has 0 saturated heterocycles. The third-order valence-electron chi connectivity index (χ3n) is 4.83. The van der Waals surface area contributed by atoms with Crippen molar-refractivity contribution in [3.05, 3.63) is 75.9 Å². The quantitative estimate of drug-likeness (QED) is 0.354. The van der Waals surface area contributed by atoms with Crippen molar-refractivity contribution in [3.63, 3.8) is 0 Å². The fourth-order valence-electron chi connectivity index (χ4n) is 3.23. The summed E-state index contributed by atoms with van der Waals surface area (Å²) in [5.74, 6) is 1.14. The van der Waals surface area contributed by atoms with Gasteiger partial charge in [-0.15, -0.1) is 16.4 Å². The van der Waals surface area contributed by atoms with Crippen molar-refractivity contribution < 1.29 is 0 Å². The summed E-state index contributed by atoms with van der Waals surface area (Å²) in [5, 5.41) is 15.3. The number of hydrogen-bond donors (Lipinski definition) is 0. The standard InChI is InChI=1S/C20H17N9OS2/c1-13-16(19(30)29(27(13)2)15-7-4-3-5-8-15)28-20(24-25-26-28)32-12-14-11-31-18(23-14)17-21-9-6-10-22-17/h3-11H,12H2,1-2H3. The summed E-state index contributed by atoms with van der Waals surface area (Å²) in [6.07, 6.45) is 3.38. The maximum atomic E-state index is 13.3. The number of rotatable bonds is 6. The molecule has 0 N–H and O–H groups in total. The van der Waals surface area contributed by atoms with Gasteiger partial charge in [-0.3, -0.25) is 9.48 Å². The van der Waals surface area contributed by atoms with Gasteiger partial charge >= 0.3 is 0 Å². The van der Waals surface area contributed by atoms with Crippen LogP contribution in [0.5, 0.6) is 0 Å². The average Bonchev–Trinajstić information content (AvgIpc) is 3.53. The summed E-state index contributed by atoms with van der Waals surface area (Å²) in [6.45, 7) is 1.87. The molecule has 4 aromatic heterocycles. The van der Waals surface area contributed by atoms with E-state index in [4.69, 9.17) is 0 Å². The molecule has 160 valence electrons. The Bertz CT molecular complexity index is 1420. The van der Waals surface area contributed by atoms with Gasteiger partial charge < -0.3 is 0 Å². The van der Waals surface area contributed by atoms with Crippen LogP contribution in [0.1, 0.15) is 11.4 Å². The Morgan fingerprint density at radius 1 is 1.09 bits per heavy atom. The first-order chi connectivity index (χ1) is 15.6. The topological polar surface area (TPSA) is 109 Å². The van der Waals surface area contributed by atoms with Gasteiger partial charge in [-0.2, -0.15) is 4.68 Å². The maximum absolute atomic E-state index is 13.3. The number of hydrogen-bond acceptors (Lipinski definition) is 9. The Morgan fingerprint density at radius 2 is 1.88 bits per heavy atom. The first kappa shape index (κ1) is 20.3. The number of thiazole rings is 1. The lowest BCUT2D eigenvalue weighted by molar-refractivity contribution is 0.630. The lowest BCUT2D eigenvalue weighted by Crippen LogP contribution is -2.22. The largest absolute Gasteiger partial charge is 0.297 e. The van der Waals surface area contributed by atoms with Crippen LogP contribution in [0.25, 0.3) is 22.2 Å². The highest BCUT2D eigenvalue weighted by Gasteiger charge is 2.22. The Hall–Kier alpha value is -3.64. The van der Waals surface area contributed by atoms with Gasteiger partial charge in [0.15, 0.2) is 16.5 Å². The molecule has 5 rings (SSSR count). The lowest BCUT2D eigenvalue weighted by atomic mass is 10.3. The van der Waals surface area contributed by atoms with Crippen LogP contribution in [0.15, 0.2) is 64.1 Å². The molecule has 0 aliphatic rings. The number of para-hydroxylation sites is 1. The van der Waals surface area contributed by atoms with Crippen LogP contribution in [-0.2, 0) is 12.8 Å². The smallest absolute Gasteiger partial charge is 0.283 e. The predicted molar refractivity (Wildman–Crippen MR) is 121 cm³/mol. The molecule has 0 bridgehead atoms. The van der Waals surface area contributed by atoms with E-state index >= 15 is 0 Å². The second-order valence-corrected chi connectivity index (χ2v) is 8.59. The van der Waals surface area contributed by atoms with Crippen LogP contribution >= 0.6 is 23.1 Å². The minimum atomic E-state index is -0.192. The lowest BCUT2D eigenvalue weighted by Gasteiger charge is -2.07. The fraction of sp³-hybridized carbons (Fsp3) is 0.150. The molecule has 0 radical (unpaired) electrons. The summed E-state index contributed by atoms with van der Waals surface area (Å²) in [7, 11) is 1.84. The molecule has 0 unspecified atom stereocenters. The molecule has 0 amide bonds. The SMILES string of the molecule is Cc1c(-n2nnnc2SCc2csc(-c3ncccn3)n2)c(=O)n(-c2ccccc2)n1C. The van der Waals surface area contributed by atoms with Gasteiger partial charge in [-0.05, 0) is 35.5 Å². The number of nitrogens with zero attached hydrogens (tertiary/aromatic N) is 9. The molecule has 32 heavy (non-hydrogen) atoms. The zero-order valence-electron chi connectivity index (χ0n) is 17.2. The van der Waals surface area contributed by atoms with Gasteiger partial charge in [0.05, 0.1) is 17.1 Å². The molecule has 5 aromatic rings. The van der Waals surface area contributed by atoms with Crippen LogP contribution in [0.4, 0.5) is 0 Å². The minimum Gasteiger partial charge on any atom is -0.283 e. The number of thioether (sulfide) groups is 1. The molecule has 1 aromatic carbocycles. The van der Waals surface area contributed by atoms with Gasteiger partial charge in [0.2, 0.25) is 5.16 Å². The average molecular weight is 464 g/mol. The monoisotopic (exact) mass is 463 g/mol. The molecule has 0 spiro atoms. The molecule has 0 aliphatic heterocycles. The van der Waals surface area contributed by atoms with E-state index in [1.54, 1.807) is 27.8 Å². The molecule has 0 aliphatic carbocycles. The van der Waals surface area contributed by atoms with Crippen molar-refractivity contribution in [2.45, 2.75) is 17.8 Å². The Labute approximate surface area is 190 Å². The van der Waals surface area contributed by atoms with Crippen molar-refractivity contribution >= 4 is 23.1 Å². The summed E-state index contributed by atoms with van der Waals surface area (Å²) in [6, 6.07) is 11.2. The summed E-state index contributed by atoms with van der Waals surface area (Å²) in [4.78, 5) is 26.4. The van der Waals surface area contributed by atoms with E-state index in [0.717, 1.165) is 22.1 Å². The molecule has 0 saturated carbocycles. The molecule has 0 fully saturated rings. The second kappa shape index (κ2) is 8.48. The molecule has 12 heteroatoms. The van der Waals surface area contributed by atoms with Crippen molar-refractivity contribution in [2.24, 2.45) is 7.05 Å². The zero-order chi connectivity index (χ0) is 22.1. The number of benzene rings is 1. The summed E-state index contributed by atoms with van der Waals surface area (Å²) < 4.78 is 4.90. The molecule has 0 atom stereocenters. The Balaban J connectivity index is 1.43. The molecule has 4 heterocycles. The number of tetrazole rings is 1. The van der Waals surface area contributed by atoms with Crippen molar-refractivity contribution in [1.82, 2.24) is 44.5 Å². The first-order valence-corrected chi connectivity index (χ1v) is 11.5. The van der Waals surface area contributed by atoms with Crippen LogP contribution in [-0.4, -0.2) is 44.5 Å². The van der Waals surface area contributed by atoms with Gasteiger partial charge in [0.1, 0.15) is 0 Å². The highest BCUT2D eigenvalue weighted by molar-refractivity contribution is 7.98. The molecular weight excluding hydrogens is 446 g/mol. The molecular formula is C20H17N9OS2. The summed E-state index contributed by atoms with van der Waals surface area (Å²) >= 11 is 2.89. The zero-order valence-corrected chi connectivity index (χ0v) is 18.8. The Kier molecular flexibility index (Phi) is 5.37. The van der Waals surface area contributed by atoms with E-state index in [1.165, 1.54) is 27.8 Å². The van der Waals surface area contributed by atoms with Gasteiger partial charge in [0, 0.05) is 30.6 Å². The summed E-state index contributed by atoms with van der Waals surface area (Å²) in [5.41, 5.74) is 2.62. The highest BCUT2D eigenvalue weighted by Crippen LogP contribution is 2.26. The third kappa shape index (κ3) is 3.63. The van der Waals surface area contributed by atoms with Gasteiger partial charge in [-0.25, -0.2) is 19.6 Å². The molecule has 10 nitrogen and oxygen atoms in total. The maximum Gasteiger partial charge on any atom is 0.297 e. The van der Waals surface area contributed by atoms with E-state index in [1.807, 2.05) is 49.7 Å². The first-order valence-electron chi connectivity index (χ1n) is 9.61. The second-order valence-electron chi connectivity index (χ2n) is 6.79. The fourth-order valence-corrected chi connectivity index (χ4v) is 4.87. The van der Waals surface area contributed by atoms with Crippen LogP contribution < -0.4 is 5.56 Å². The highest BCUT2D eigenvalue weighted by atomic mass is 32.2. The van der Waals surface area contributed by atoms with E-state index in [-0.39, 0.29) is 5.56 Å². The number of aromatic nitrogens is 9. The minimum absolute atomic E-state index is 0.192.